The van der Waals surface area contributed by atoms with Gasteiger partial charge < -0.3 is 24.8 Å². The second-order valence-corrected chi connectivity index (χ2v) is 13.6. The molecule has 1 saturated heterocycles. The number of cyclic esters (lactones) is 1. The van der Waals surface area contributed by atoms with E-state index in [4.69, 9.17) is 9.47 Å². The van der Waals surface area contributed by atoms with Gasteiger partial charge in [-0.2, -0.15) is 0 Å². The molecular formula is C37H66O7. The Labute approximate surface area is 268 Å². The zero-order valence-corrected chi connectivity index (χ0v) is 28.2. The number of aliphatic hydroxyl groups excluding tert-OH is 3. The molecule has 1 fully saturated rings. The topological polar surface area (TPSA) is 113 Å². The summed E-state index contributed by atoms with van der Waals surface area (Å²) in [5, 5.41) is 31.7. The second-order valence-electron chi connectivity index (χ2n) is 13.6. The standard InChI is InChI=1S/C37H66O7/c1-3-4-5-6-7-8-9-13-16-19-22-33(40)35-25-26-36(44-35)34(41)28-32(39)21-18-15-12-10-11-14-17-20-31(38)24-23-30-27-29(2)43-37(30)42/h27,29,32-36,39-41H,3-26,28H2,1-2H3/t29-,32+,33+,34+,35+,36+/m0/s1. The quantitative estimate of drug-likeness (QED) is 0.0598. The van der Waals surface area contributed by atoms with Gasteiger partial charge in [0.1, 0.15) is 11.9 Å². The van der Waals surface area contributed by atoms with E-state index in [1.165, 1.54) is 51.4 Å². The lowest BCUT2D eigenvalue weighted by atomic mass is 9.98. The fraction of sp³-hybridized carbons (Fsp3) is 0.892. The first kappa shape index (κ1) is 38.9. The van der Waals surface area contributed by atoms with E-state index in [0.29, 0.717) is 37.7 Å². The fourth-order valence-electron chi connectivity index (χ4n) is 6.63. The molecule has 7 heteroatoms. The molecule has 0 radical (unpaired) electrons. The van der Waals surface area contributed by atoms with E-state index in [9.17, 15) is 24.9 Å². The van der Waals surface area contributed by atoms with Crippen LogP contribution in [0.1, 0.15) is 174 Å². The summed E-state index contributed by atoms with van der Waals surface area (Å²) in [7, 11) is 0. The molecule has 0 aromatic heterocycles. The lowest BCUT2D eigenvalue weighted by molar-refractivity contribution is -0.139. The molecule has 2 heterocycles. The summed E-state index contributed by atoms with van der Waals surface area (Å²) in [6.07, 6.45) is 24.4. The zero-order chi connectivity index (χ0) is 32.0. The van der Waals surface area contributed by atoms with Crippen molar-refractivity contribution in [3.8, 4) is 0 Å². The first-order chi connectivity index (χ1) is 21.3. The van der Waals surface area contributed by atoms with Crippen LogP contribution in [0.4, 0.5) is 0 Å². The van der Waals surface area contributed by atoms with Crippen LogP contribution in [0.5, 0.6) is 0 Å². The van der Waals surface area contributed by atoms with Crippen molar-refractivity contribution < 1.29 is 34.4 Å². The Balaban J connectivity index is 1.39. The van der Waals surface area contributed by atoms with E-state index in [2.05, 4.69) is 6.92 Å². The largest absolute Gasteiger partial charge is 0.455 e. The van der Waals surface area contributed by atoms with Crippen LogP contribution in [-0.2, 0) is 19.1 Å². The third-order valence-electron chi connectivity index (χ3n) is 9.47. The molecule has 2 rings (SSSR count). The van der Waals surface area contributed by atoms with E-state index in [0.717, 1.165) is 77.0 Å². The minimum atomic E-state index is -0.686. The number of hydrogen-bond acceptors (Lipinski definition) is 7. The smallest absolute Gasteiger partial charge is 0.334 e. The van der Waals surface area contributed by atoms with E-state index >= 15 is 0 Å². The molecule has 0 aromatic rings. The fourth-order valence-corrected chi connectivity index (χ4v) is 6.63. The van der Waals surface area contributed by atoms with E-state index in [-0.39, 0.29) is 30.1 Å². The highest BCUT2D eigenvalue weighted by Gasteiger charge is 2.35. The average Bonchev–Trinajstić information content (AvgIpc) is 3.62. The van der Waals surface area contributed by atoms with Crippen LogP contribution in [0.25, 0.3) is 0 Å². The number of esters is 1. The van der Waals surface area contributed by atoms with Crippen molar-refractivity contribution in [2.75, 3.05) is 0 Å². The maximum absolute atomic E-state index is 12.1. The van der Waals surface area contributed by atoms with Gasteiger partial charge in [-0.25, -0.2) is 4.79 Å². The molecule has 2 aliphatic rings. The molecular weight excluding hydrogens is 556 g/mol. The average molecular weight is 623 g/mol. The van der Waals surface area contributed by atoms with Gasteiger partial charge >= 0.3 is 5.97 Å². The van der Waals surface area contributed by atoms with Gasteiger partial charge in [0.2, 0.25) is 0 Å². The monoisotopic (exact) mass is 622 g/mol. The maximum atomic E-state index is 12.1. The number of ether oxygens (including phenoxy) is 2. The van der Waals surface area contributed by atoms with E-state index in [1.807, 2.05) is 13.0 Å². The molecule has 0 aromatic carbocycles. The molecule has 0 aliphatic carbocycles. The Kier molecular flexibility index (Phi) is 21.2. The number of unbranched alkanes of at least 4 members (excludes halogenated alkanes) is 15. The first-order valence-electron chi connectivity index (χ1n) is 18.4. The highest BCUT2D eigenvalue weighted by molar-refractivity contribution is 5.91. The van der Waals surface area contributed by atoms with Gasteiger partial charge in [0.15, 0.2) is 0 Å². The second kappa shape index (κ2) is 24.0. The van der Waals surface area contributed by atoms with Crippen LogP contribution < -0.4 is 0 Å². The van der Waals surface area contributed by atoms with Gasteiger partial charge in [-0.15, -0.1) is 0 Å². The Morgan fingerprint density at radius 3 is 1.84 bits per heavy atom. The molecule has 6 atom stereocenters. The van der Waals surface area contributed by atoms with Crippen molar-refractivity contribution in [1.29, 1.82) is 0 Å². The molecule has 44 heavy (non-hydrogen) atoms. The number of rotatable bonds is 28. The Morgan fingerprint density at radius 2 is 1.27 bits per heavy atom. The molecule has 7 nitrogen and oxygen atoms in total. The summed E-state index contributed by atoms with van der Waals surface area (Å²) in [5.41, 5.74) is 0.635. The van der Waals surface area contributed by atoms with Crippen LogP contribution >= 0.6 is 0 Å². The van der Waals surface area contributed by atoms with Gasteiger partial charge in [-0.05, 0) is 51.5 Å². The molecule has 2 aliphatic heterocycles. The highest BCUT2D eigenvalue weighted by atomic mass is 16.5. The lowest BCUT2D eigenvalue weighted by Gasteiger charge is -2.23. The number of hydrogen-bond donors (Lipinski definition) is 3. The van der Waals surface area contributed by atoms with Gasteiger partial charge in [-0.3, -0.25) is 4.79 Å². The maximum Gasteiger partial charge on any atom is 0.334 e. The summed E-state index contributed by atoms with van der Waals surface area (Å²) in [4.78, 5) is 23.7. The van der Waals surface area contributed by atoms with Gasteiger partial charge in [0.25, 0.3) is 0 Å². The van der Waals surface area contributed by atoms with Crippen LogP contribution in [0.2, 0.25) is 0 Å². The number of Topliss-reactive ketones (excluding diaryl/α,β-unsaturated/α-hetero) is 1. The number of ketones is 1. The Bertz CT molecular complexity index is 797. The van der Waals surface area contributed by atoms with Crippen molar-refractivity contribution in [3.63, 3.8) is 0 Å². The molecule has 0 amide bonds. The minimum absolute atomic E-state index is 0.174. The van der Waals surface area contributed by atoms with E-state index in [1.54, 1.807) is 0 Å². The summed E-state index contributed by atoms with van der Waals surface area (Å²) < 4.78 is 11.1. The molecule has 256 valence electrons. The Hall–Kier alpha value is -1.28. The van der Waals surface area contributed by atoms with Gasteiger partial charge in [0.05, 0.1) is 30.5 Å². The van der Waals surface area contributed by atoms with Gasteiger partial charge in [0, 0.05) is 24.8 Å². The van der Waals surface area contributed by atoms with Gasteiger partial charge in [-0.1, -0.05) is 110 Å². The van der Waals surface area contributed by atoms with E-state index < -0.39 is 18.3 Å². The third-order valence-corrected chi connectivity index (χ3v) is 9.47. The molecule has 0 unspecified atom stereocenters. The summed E-state index contributed by atoms with van der Waals surface area (Å²) >= 11 is 0. The van der Waals surface area contributed by atoms with Crippen LogP contribution in [-0.4, -0.2) is 63.7 Å². The van der Waals surface area contributed by atoms with Crippen LogP contribution in [0.15, 0.2) is 11.6 Å². The minimum Gasteiger partial charge on any atom is -0.455 e. The molecule has 0 saturated carbocycles. The molecule has 0 bridgehead atoms. The molecule has 3 N–H and O–H groups in total. The summed E-state index contributed by atoms with van der Waals surface area (Å²) in [5.74, 6) is -0.0654. The normalized spacial score (nSPS) is 22.2. The molecule has 0 spiro atoms. The summed E-state index contributed by atoms with van der Waals surface area (Å²) in [6, 6.07) is 0. The van der Waals surface area contributed by atoms with Crippen molar-refractivity contribution >= 4 is 11.8 Å². The lowest BCUT2D eigenvalue weighted by Crippen LogP contribution is -2.33. The van der Waals surface area contributed by atoms with Crippen molar-refractivity contribution in [2.24, 2.45) is 0 Å². The Morgan fingerprint density at radius 1 is 0.750 bits per heavy atom. The predicted molar refractivity (Wildman–Crippen MR) is 176 cm³/mol. The van der Waals surface area contributed by atoms with Crippen molar-refractivity contribution in [2.45, 2.75) is 211 Å². The highest BCUT2D eigenvalue weighted by Crippen LogP contribution is 2.28. The van der Waals surface area contributed by atoms with Crippen molar-refractivity contribution in [3.05, 3.63) is 11.6 Å². The SMILES string of the molecule is CCCCCCCCCCCC[C@@H](O)[C@H]1CC[C@H]([C@H](O)C[C@H](O)CCCCCCCCCC(=O)CCC2=C[C@H](C)OC2=O)O1. The zero-order valence-electron chi connectivity index (χ0n) is 28.2. The van der Waals surface area contributed by atoms with Crippen LogP contribution in [0, 0.1) is 0 Å². The van der Waals surface area contributed by atoms with Crippen molar-refractivity contribution in [1.82, 2.24) is 0 Å². The summed E-state index contributed by atoms with van der Waals surface area (Å²) in [6.45, 7) is 4.08. The number of carbonyl (C=O) groups excluding carboxylic acids is 2. The first-order valence-corrected chi connectivity index (χ1v) is 18.4. The van der Waals surface area contributed by atoms with Crippen LogP contribution in [0.3, 0.4) is 0 Å². The number of aliphatic hydroxyl groups is 3. The predicted octanol–water partition coefficient (Wildman–Crippen LogP) is 8.05. The third kappa shape index (κ3) is 17.4. The number of carbonyl (C=O) groups is 2.